The summed E-state index contributed by atoms with van der Waals surface area (Å²) in [5, 5.41) is 11.1. The molecule has 6 rings (SSSR count). The second-order valence-corrected chi connectivity index (χ2v) is 10.2. The average Bonchev–Trinajstić information content (AvgIpc) is 3.47. The molecule has 1 amide bonds. The number of nitrogens with zero attached hydrogens (tertiary/aromatic N) is 4. The molecule has 6 nitrogen and oxygen atoms in total. The first-order chi connectivity index (χ1) is 16.8. The first-order valence-electron chi connectivity index (χ1n) is 11.1. The van der Waals surface area contributed by atoms with Crippen LogP contribution in [0.2, 0.25) is 0 Å². The van der Waals surface area contributed by atoms with Gasteiger partial charge < -0.3 is 14.4 Å². The van der Waals surface area contributed by atoms with E-state index in [1.807, 2.05) is 46.9 Å². The number of hydrogen-bond acceptors (Lipinski definition) is 4. The van der Waals surface area contributed by atoms with Crippen molar-refractivity contribution in [2.24, 2.45) is 4.99 Å². The number of imidazole rings is 1. The van der Waals surface area contributed by atoms with Gasteiger partial charge in [0.05, 0.1) is 30.1 Å². The number of aliphatic hydroxyl groups is 1. The summed E-state index contributed by atoms with van der Waals surface area (Å²) in [6.07, 6.45) is 4.95. The molecule has 1 N–H and O–H groups in total. The van der Waals surface area contributed by atoms with Crippen LogP contribution in [0.15, 0.2) is 66.0 Å². The van der Waals surface area contributed by atoms with Crippen LogP contribution in [0.3, 0.4) is 0 Å². The van der Waals surface area contributed by atoms with Crippen molar-refractivity contribution in [2.45, 2.75) is 18.4 Å². The Labute approximate surface area is 213 Å². The van der Waals surface area contributed by atoms with Gasteiger partial charge >= 0.3 is 0 Å². The lowest BCUT2D eigenvalue weighted by molar-refractivity contribution is -0.0324. The summed E-state index contributed by atoms with van der Waals surface area (Å²) in [5.74, 6) is -1.55. The number of carbonyl (C=O) groups excluding carboxylic acids is 1. The van der Waals surface area contributed by atoms with Gasteiger partial charge in [-0.25, -0.2) is 13.8 Å². The zero-order valence-corrected chi connectivity index (χ0v) is 20.5. The molecular formula is C26H19F2IN4O2. The number of β-amino-alcohol motifs (C(OH)–C–C–N with tert-alkyl or cyclic N) is 1. The molecular weight excluding hydrogens is 565 g/mol. The first kappa shape index (κ1) is 22.3. The highest BCUT2D eigenvalue weighted by Crippen LogP contribution is 2.35. The molecule has 2 aliphatic rings. The van der Waals surface area contributed by atoms with E-state index in [-0.39, 0.29) is 41.8 Å². The molecule has 4 aromatic rings. The maximum atomic E-state index is 15.5. The molecule has 1 saturated heterocycles. The second-order valence-electron chi connectivity index (χ2n) is 8.96. The number of pyridine rings is 1. The van der Waals surface area contributed by atoms with Crippen LogP contribution in [0, 0.1) is 15.2 Å². The summed E-state index contributed by atoms with van der Waals surface area (Å²) in [6.45, 7) is 0.110. The maximum absolute atomic E-state index is 15.5. The minimum absolute atomic E-state index is 0.0551. The number of rotatable bonds is 4. The van der Waals surface area contributed by atoms with Crippen LogP contribution in [0.1, 0.15) is 27.0 Å². The van der Waals surface area contributed by atoms with E-state index in [1.165, 1.54) is 27.8 Å². The Morgan fingerprint density at radius 1 is 1.17 bits per heavy atom. The van der Waals surface area contributed by atoms with Gasteiger partial charge in [-0.2, -0.15) is 0 Å². The lowest BCUT2D eigenvalue weighted by Gasteiger charge is -2.46. The molecule has 0 saturated carbocycles. The zero-order valence-electron chi connectivity index (χ0n) is 18.4. The number of halogens is 3. The molecule has 2 aromatic heterocycles. The van der Waals surface area contributed by atoms with Crippen LogP contribution in [0.25, 0.3) is 5.65 Å². The molecule has 0 aliphatic carbocycles. The Morgan fingerprint density at radius 2 is 1.97 bits per heavy atom. The topological polar surface area (TPSA) is 70.2 Å². The highest BCUT2D eigenvalue weighted by atomic mass is 127. The van der Waals surface area contributed by atoms with Crippen molar-refractivity contribution in [3.63, 3.8) is 0 Å². The first-order valence-corrected chi connectivity index (χ1v) is 12.2. The van der Waals surface area contributed by atoms with Crippen molar-refractivity contribution >= 4 is 45.5 Å². The smallest absolute Gasteiger partial charge is 0.255 e. The summed E-state index contributed by atoms with van der Waals surface area (Å²) in [6, 6.07) is 12.4. The fourth-order valence-corrected chi connectivity index (χ4v) is 5.21. The van der Waals surface area contributed by atoms with E-state index >= 15 is 4.39 Å². The molecule has 1 fully saturated rings. The van der Waals surface area contributed by atoms with E-state index < -0.39 is 23.1 Å². The molecule has 0 bridgehead atoms. The Kier molecular flexibility index (Phi) is 5.22. The van der Waals surface area contributed by atoms with Crippen molar-refractivity contribution in [1.29, 1.82) is 0 Å². The van der Waals surface area contributed by atoms with E-state index in [9.17, 15) is 14.3 Å². The van der Waals surface area contributed by atoms with Crippen LogP contribution in [0.5, 0.6) is 0 Å². The number of likely N-dealkylation sites (tertiary alicyclic amines) is 1. The predicted molar refractivity (Wildman–Crippen MR) is 135 cm³/mol. The monoisotopic (exact) mass is 584 g/mol. The van der Waals surface area contributed by atoms with E-state index in [0.29, 0.717) is 12.1 Å². The van der Waals surface area contributed by atoms with Gasteiger partial charge in [-0.3, -0.25) is 9.79 Å². The number of benzene rings is 2. The van der Waals surface area contributed by atoms with Gasteiger partial charge in [0, 0.05) is 40.6 Å². The lowest BCUT2D eigenvalue weighted by Crippen LogP contribution is -2.67. The third-order valence-electron chi connectivity index (χ3n) is 6.67. The third-order valence-corrected chi connectivity index (χ3v) is 7.34. The number of aromatic nitrogens is 2. The second kappa shape index (κ2) is 8.20. The molecule has 176 valence electrons. The molecule has 4 heterocycles. The Balaban J connectivity index is 1.31. The van der Waals surface area contributed by atoms with E-state index in [0.717, 1.165) is 14.8 Å². The van der Waals surface area contributed by atoms with Crippen molar-refractivity contribution in [1.82, 2.24) is 14.3 Å². The number of fused-ring (bicyclic) bond motifs is 2. The van der Waals surface area contributed by atoms with Crippen LogP contribution in [0.4, 0.5) is 14.5 Å². The normalized spacial score (nSPS) is 16.2. The summed E-state index contributed by atoms with van der Waals surface area (Å²) in [5.41, 5.74) is 1.81. The Morgan fingerprint density at radius 3 is 2.74 bits per heavy atom. The standard InChI is InChI=1S/C26H19F2IN4O2/c27-20-11-17(29)6-5-15(20)9-18-19(12-32-8-7-30-24(32)23(18)28)25(34)33-13-26(35,14-33)22-10-16-3-1-2-4-21(16)31-22/h1-8,11-12,35H,9-10,13-14H2. The molecule has 0 spiro atoms. The van der Waals surface area contributed by atoms with Crippen molar-refractivity contribution < 1.29 is 18.7 Å². The minimum atomic E-state index is -1.23. The van der Waals surface area contributed by atoms with E-state index in [4.69, 9.17) is 0 Å². The average molecular weight is 584 g/mol. The van der Waals surface area contributed by atoms with Gasteiger partial charge in [0.15, 0.2) is 11.5 Å². The number of para-hydroxylation sites is 1. The fourth-order valence-electron chi connectivity index (χ4n) is 4.75. The SMILES string of the molecule is O=C(c1cn2ccnc2c(F)c1Cc1ccc(I)cc1F)N1CC(O)(C2=Nc3ccccc3C2)C1. The number of aliphatic imine (C=N–C) groups is 1. The number of amides is 1. The molecule has 0 atom stereocenters. The van der Waals surface area contributed by atoms with Crippen molar-refractivity contribution in [3.05, 3.63) is 98.5 Å². The fraction of sp³-hybridized carbons (Fsp3) is 0.192. The predicted octanol–water partition coefficient (Wildman–Crippen LogP) is 4.32. The highest BCUT2D eigenvalue weighted by molar-refractivity contribution is 14.1. The molecule has 0 radical (unpaired) electrons. The number of carbonyl (C=O) groups is 1. The lowest BCUT2D eigenvalue weighted by atomic mass is 9.85. The van der Waals surface area contributed by atoms with Gasteiger partial charge in [0.1, 0.15) is 11.4 Å². The van der Waals surface area contributed by atoms with Crippen LogP contribution in [-0.2, 0) is 12.8 Å². The van der Waals surface area contributed by atoms with Crippen LogP contribution in [-0.4, -0.2) is 49.7 Å². The third kappa shape index (κ3) is 3.73. The molecule has 35 heavy (non-hydrogen) atoms. The maximum Gasteiger partial charge on any atom is 0.255 e. The molecule has 2 aromatic carbocycles. The summed E-state index contributed by atoms with van der Waals surface area (Å²) >= 11 is 2.01. The van der Waals surface area contributed by atoms with Crippen molar-refractivity contribution in [3.8, 4) is 0 Å². The van der Waals surface area contributed by atoms with Crippen molar-refractivity contribution in [2.75, 3.05) is 13.1 Å². The highest BCUT2D eigenvalue weighted by Gasteiger charge is 2.49. The molecule has 9 heteroatoms. The summed E-state index contributed by atoms with van der Waals surface area (Å²) < 4.78 is 32.3. The van der Waals surface area contributed by atoms with E-state index in [1.54, 1.807) is 18.3 Å². The minimum Gasteiger partial charge on any atom is -0.380 e. The van der Waals surface area contributed by atoms with Gasteiger partial charge in [0.2, 0.25) is 0 Å². The van der Waals surface area contributed by atoms with E-state index in [2.05, 4.69) is 9.98 Å². The Bertz CT molecular complexity index is 1540. The van der Waals surface area contributed by atoms with Gasteiger partial charge in [-0.15, -0.1) is 0 Å². The quantitative estimate of drug-likeness (QED) is 0.364. The Hall–Kier alpha value is -3.18. The van der Waals surface area contributed by atoms with Gasteiger partial charge in [-0.1, -0.05) is 24.3 Å². The van der Waals surface area contributed by atoms with Gasteiger partial charge in [-0.05, 0) is 51.9 Å². The van der Waals surface area contributed by atoms with Crippen LogP contribution >= 0.6 is 22.6 Å². The molecule has 2 aliphatic heterocycles. The zero-order chi connectivity index (χ0) is 24.3. The summed E-state index contributed by atoms with van der Waals surface area (Å²) in [7, 11) is 0. The number of hydrogen-bond donors (Lipinski definition) is 1. The largest absolute Gasteiger partial charge is 0.380 e. The summed E-state index contributed by atoms with van der Waals surface area (Å²) in [4.78, 5) is 23.6. The molecule has 0 unspecified atom stereocenters. The van der Waals surface area contributed by atoms with Gasteiger partial charge in [0.25, 0.3) is 5.91 Å². The van der Waals surface area contributed by atoms with Crippen LogP contribution < -0.4 is 0 Å².